The Bertz CT molecular complexity index is 1770. The third-order valence-corrected chi connectivity index (χ3v) is 7.84. The average Bonchev–Trinajstić information content (AvgIpc) is 2.95. The SMILES string of the molecule is Cc1ccc(-c2ccc3c(c2)Oc2ccc4c5c(ccc-3c25)-c2ccc(-c3ccc(C)cc3)cc2O4)cc1. The fraction of sp³-hybridized carbons (Fsp3) is 0.0556. The Morgan fingerprint density at radius 3 is 1.13 bits per heavy atom. The van der Waals surface area contributed by atoms with Crippen LogP contribution in [0.3, 0.4) is 0 Å². The molecule has 0 atom stereocenters. The van der Waals surface area contributed by atoms with Crippen molar-refractivity contribution in [3.63, 3.8) is 0 Å². The molecule has 0 aromatic heterocycles. The van der Waals surface area contributed by atoms with E-state index in [9.17, 15) is 0 Å². The van der Waals surface area contributed by atoms with E-state index in [1.165, 1.54) is 33.4 Å². The van der Waals surface area contributed by atoms with Gasteiger partial charge in [-0.3, -0.25) is 0 Å². The lowest BCUT2D eigenvalue weighted by atomic mass is 9.87. The summed E-state index contributed by atoms with van der Waals surface area (Å²) in [6, 6.07) is 38.9. The van der Waals surface area contributed by atoms with Gasteiger partial charge >= 0.3 is 0 Å². The monoisotopic (exact) mass is 488 g/mol. The molecule has 2 aliphatic heterocycles. The highest BCUT2D eigenvalue weighted by Crippen LogP contribution is 2.55. The number of fused-ring (bicyclic) bond motifs is 4. The number of ether oxygens (including phenoxy) is 2. The minimum atomic E-state index is 0.873. The minimum absolute atomic E-state index is 0.873. The second kappa shape index (κ2) is 7.84. The van der Waals surface area contributed by atoms with Crippen LogP contribution in [0.4, 0.5) is 0 Å². The molecule has 0 radical (unpaired) electrons. The summed E-state index contributed by atoms with van der Waals surface area (Å²) in [7, 11) is 0. The first kappa shape index (κ1) is 21.3. The van der Waals surface area contributed by atoms with E-state index in [1.54, 1.807) is 0 Å². The molecule has 0 saturated heterocycles. The van der Waals surface area contributed by atoms with Crippen molar-refractivity contribution in [1.29, 1.82) is 0 Å². The summed E-state index contributed by atoms with van der Waals surface area (Å²) in [5, 5.41) is 2.23. The van der Waals surface area contributed by atoms with E-state index in [4.69, 9.17) is 9.47 Å². The largest absolute Gasteiger partial charge is 0.456 e. The first-order valence-corrected chi connectivity index (χ1v) is 13.0. The van der Waals surface area contributed by atoms with Gasteiger partial charge < -0.3 is 9.47 Å². The van der Waals surface area contributed by atoms with Crippen molar-refractivity contribution >= 4 is 10.8 Å². The summed E-state index contributed by atoms with van der Waals surface area (Å²) in [5.41, 5.74) is 11.8. The van der Waals surface area contributed by atoms with Gasteiger partial charge in [-0.2, -0.15) is 0 Å². The molecule has 8 rings (SSSR count). The lowest BCUT2D eigenvalue weighted by Gasteiger charge is -2.27. The molecule has 38 heavy (non-hydrogen) atoms. The Balaban J connectivity index is 1.26. The predicted molar refractivity (Wildman–Crippen MR) is 155 cm³/mol. The summed E-state index contributed by atoms with van der Waals surface area (Å²) in [5.74, 6) is 3.52. The first-order valence-electron chi connectivity index (χ1n) is 13.0. The molecule has 0 fully saturated rings. The predicted octanol–water partition coefficient (Wildman–Crippen LogP) is 10.3. The van der Waals surface area contributed by atoms with E-state index in [1.807, 2.05) is 12.1 Å². The standard InChI is InChI=1S/C36H24O2/c1-21-3-7-23(8-4-21)25-11-13-27-29-15-16-30-28-14-12-26(24-9-5-22(2)6-10-24)20-34(28)38-32-18-17-31(35(29)36(30)32)37-33(27)19-25/h3-20H,1-2H3. The van der Waals surface area contributed by atoms with Gasteiger partial charge in [0.2, 0.25) is 0 Å². The Hall–Kier alpha value is -4.82. The first-order chi connectivity index (χ1) is 18.6. The Kier molecular flexibility index (Phi) is 4.39. The van der Waals surface area contributed by atoms with E-state index in [0.717, 1.165) is 56.0 Å². The maximum Gasteiger partial charge on any atom is 0.136 e. The average molecular weight is 489 g/mol. The van der Waals surface area contributed by atoms with Crippen LogP contribution >= 0.6 is 0 Å². The zero-order chi connectivity index (χ0) is 25.4. The molecule has 0 amide bonds. The molecule has 0 N–H and O–H groups in total. The fourth-order valence-electron chi connectivity index (χ4n) is 5.80. The normalized spacial score (nSPS) is 12.4. The van der Waals surface area contributed by atoms with Gasteiger partial charge in [0.15, 0.2) is 0 Å². The maximum absolute atomic E-state index is 6.53. The second-order valence-corrected chi connectivity index (χ2v) is 10.3. The molecule has 0 saturated carbocycles. The molecule has 0 aliphatic carbocycles. The Labute approximate surface area is 221 Å². The third kappa shape index (κ3) is 3.13. The smallest absolute Gasteiger partial charge is 0.136 e. The van der Waals surface area contributed by atoms with Gasteiger partial charge in [0.25, 0.3) is 0 Å². The van der Waals surface area contributed by atoms with Gasteiger partial charge in [-0.25, -0.2) is 0 Å². The quantitative estimate of drug-likeness (QED) is 0.241. The Morgan fingerprint density at radius 1 is 0.342 bits per heavy atom. The van der Waals surface area contributed by atoms with E-state index < -0.39 is 0 Å². The molecule has 6 aromatic rings. The van der Waals surface area contributed by atoms with Gasteiger partial charge in [-0.15, -0.1) is 0 Å². The van der Waals surface area contributed by atoms with Crippen LogP contribution in [0.1, 0.15) is 11.1 Å². The number of benzene rings is 6. The van der Waals surface area contributed by atoms with Crippen LogP contribution in [0.2, 0.25) is 0 Å². The van der Waals surface area contributed by atoms with Crippen molar-refractivity contribution in [2.45, 2.75) is 13.8 Å². The third-order valence-electron chi connectivity index (χ3n) is 7.84. The van der Waals surface area contributed by atoms with Crippen LogP contribution in [-0.4, -0.2) is 0 Å². The van der Waals surface area contributed by atoms with Crippen LogP contribution in [0.5, 0.6) is 23.0 Å². The van der Waals surface area contributed by atoms with Crippen molar-refractivity contribution in [2.24, 2.45) is 0 Å². The summed E-state index contributed by atoms with van der Waals surface area (Å²) < 4.78 is 13.1. The molecule has 6 aromatic carbocycles. The van der Waals surface area contributed by atoms with Crippen LogP contribution in [0.25, 0.3) is 55.3 Å². The highest BCUT2D eigenvalue weighted by atomic mass is 16.5. The summed E-state index contributed by atoms with van der Waals surface area (Å²) in [6.45, 7) is 4.22. The highest BCUT2D eigenvalue weighted by Gasteiger charge is 2.28. The van der Waals surface area contributed by atoms with Crippen LogP contribution in [0, 0.1) is 13.8 Å². The van der Waals surface area contributed by atoms with E-state index >= 15 is 0 Å². The number of hydrogen-bond acceptors (Lipinski definition) is 2. The van der Waals surface area contributed by atoms with Crippen LogP contribution in [-0.2, 0) is 0 Å². The topological polar surface area (TPSA) is 18.5 Å². The molecule has 2 heterocycles. The van der Waals surface area contributed by atoms with E-state index in [0.29, 0.717) is 0 Å². The lowest BCUT2D eigenvalue weighted by molar-refractivity contribution is 0.475. The molecule has 0 spiro atoms. The van der Waals surface area contributed by atoms with Gasteiger partial charge in [0.1, 0.15) is 23.0 Å². The Morgan fingerprint density at radius 2 is 0.711 bits per heavy atom. The van der Waals surface area contributed by atoms with Crippen molar-refractivity contribution in [3.05, 3.63) is 120 Å². The van der Waals surface area contributed by atoms with E-state index in [2.05, 4.69) is 111 Å². The minimum Gasteiger partial charge on any atom is -0.456 e. The molecular formula is C36H24O2. The zero-order valence-electron chi connectivity index (χ0n) is 21.2. The van der Waals surface area contributed by atoms with E-state index in [-0.39, 0.29) is 0 Å². The lowest BCUT2D eigenvalue weighted by Crippen LogP contribution is -2.02. The van der Waals surface area contributed by atoms with Crippen molar-refractivity contribution in [3.8, 4) is 67.5 Å². The molecular weight excluding hydrogens is 464 g/mol. The fourth-order valence-corrected chi connectivity index (χ4v) is 5.80. The molecule has 2 heteroatoms. The number of rotatable bonds is 2. The molecule has 0 bridgehead atoms. The second-order valence-electron chi connectivity index (χ2n) is 10.3. The van der Waals surface area contributed by atoms with Gasteiger partial charge in [0.05, 0.1) is 0 Å². The van der Waals surface area contributed by atoms with Gasteiger partial charge in [-0.1, -0.05) is 83.9 Å². The van der Waals surface area contributed by atoms with Gasteiger partial charge in [-0.05, 0) is 83.6 Å². The van der Waals surface area contributed by atoms with Crippen molar-refractivity contribution in [2.75, 3.05) is 0 Å². The molecule has 180 valence electrons. The van der Waals surface area contributed by atoms with Crippen LogP contribution in [0.15, 0.2) is 109 Å². The van der Waals surface area contributed by atoms with Crippen molar-refractivity contribution < 1.29 is 9.47 Å². The van der Waals surface area contributed by atoms with Crippen LogP contribution < -0.4 is 9.47 Å². The molecule has 2 nitrogen and oxygen atoms in total. The van der Waals surface area contributed by atoms with Gasteiger partial charge in [0, 0.05) is 21.9 Å². The molecule has 2 aliphatic rings. The summed E-state index contributed by atoms with van der Waals surface area (Å²) in [6.07, 6.45) is 0. The molecule has 0 unspecified atom stereocenters. The number of hydrogen-bond donors (Lipinski definition) is 0. The summed E-state index contributed by atoms with van der Waals surface area (Å²) in [4.78, 5) is 0. The van der Waals surface area contributed by atoms with Crippen molar-refractivity contribution in [1.82, 2.24) is 0 Å². The highest BCUT2D eigenvalue weighted by molar-refractivity contribution is 6.14. The maximum atomic E-state index is 6.53. The zero-order valence-corrected chi connectivity index (χ0v) is 21.2. The summed E-state index contributed by atoms with van der Waals surface area (Å²) >= 11 is 0. The number of aryl methyl sites for hydroxylation is 2.